The molecule has 0 N–H and O–H groups in total. The highest BCUT2D eigenvalue weighted by molar-refractivity contribution is 5.82. The third-order valence-electron chi connectivity index (χ3n) is 3.67. The fraction of sp³-hybridized carbons (Fsp3) is 0.438. The van der Waals surface area contributed by atoms with Crippen LogP contribution in [0.15, 0.2) is 35.9 Å². The molecule has 0 saturated carbocycles. The Morgan fingerprint density at radius 2 is 2.00 bits per heavy atom. The van der Waals surface area contributed by atoms with Gasteiger partial charge in [-0.05, 0) is 19.4 Å². The fourth-order valence-electron chi connectivity index (χ4n) is 2.47. The van der Waals surface area contributed by atoms with Gasteiger partial charge in [-0.3, -0.25) is 9.69 Å². The molecule has 0 bridgehead atoms. The number of amides is 1. The van der Waals surface area contributed by atoms with Crippen molar-refractivity contribution in [1.29, 1.82) is 0 Å². The van der Waals surface area contributed by atoms with Gasteiger partial charge in [-0.15, -0.1) is 0 Å². The van der Waals surface area contributed by atoms with Crippen LogP contribution in [-0.4, -0.2) is 48.4 Å². The summed E-state index contributed by atoms with van der Waals surface area (Å²) in [5.41, 5.74) is 2.50. The Labute approximate surface area is 115 Å². The highest BCUT2D eigenvalue weighted by Gasteiger charge is 2.28. The number of hydrogen-bond donors (Lipinski definition) is 0. The molecule has 0 spiro atoms. The average Bonchev–Trinajstić information content (AvgIpc) is 2.41. The van der Waals surface area contributed by atoms with E-state index >= 15 is 0 Å². The summed E-state index contributed by atoms with van der Waals surface area (Å²) in [6.45, 7) is 6.75. The summed E-state index contributed by atoms with van der Waals surface area (Å²) in [5.74, 6) is 0.221. The third kappa shape index (κ3) is 3.44. The lowest BCUT2D eigenvalue weighted by Crippen LogP contribution is -2.54. The first-order chi connectivity index (χ1) is 9.08. The molecule has 0 radical (unpaired) electrons. The Bertz CT molecular complexity index is 467. The maximum Gasteiger partial charge on any atom is 0.239 e. The zero-order valence-electron chi connectivity index (χ0n) is 12.0. The molecule has 1 unspecified atom stereocenters. The Balaban J connectivity index is 2.01. The highest BCUT2D eigenvalue weighted by atomic mass is 16.2. The second-order valence-electron chi connectivity index (χ2n) is 5.31. The van der Waals surface area contributed by atoms with Gasteiger partial charge in [0, 0.05) is 26.7 Å². The Morgan fingerprint density at radius 1 is 1.32 bits per heavy atom. The van der Waals surface area contributed by atoms with Gasteiger partial charge < -0.3 is 4.90 Å². The molecule has 1 aromatic rings. The highest BCUT2D eigenvalue weighted by Crippen LogP contribution is 2.13. The molecular formula is C16H22N2O. The second kappa shape index (κ2) is 6.02. The zero-order chi connectivity index (χ0) is 13.8. The minimum Gasteiger partial charge on any atom is -0.343 e. The minimum absolute atomic E-state index is 0.0159. The predicted molar refractivity (Wildman–Crippen MR) is 78.8 cm³/mol. The average molecular weight is 258 g/mol. The smallest absolute Gasteiger partial charge is 0.239 e. The van der Waals surface area contributed by atoms with E-state index in [0.29, 0.717) is 0 Å². The number of likely N-dealkylation sites (N-methyl/N-ethyl adjacent to an activating group) is 1. The molecule has 1 aliphatic heterocycles. The van der Waals surface area contributed by atoms with Crippen molar-refractivity contribution in [2.24, 2.45) is 0 Å². The molecule has 0 aromatic heterocycles. The molecule has 102 valence electrons. The quantitative estimate of drug-likeness (QED) is 0.830. The summed E-state index contributed by atoms with van der Waals surface area (Å²) < 4.78 is 0. The van der Waals surface area contributed by atoms with E-state index in [1.165, 1.54) is 11.1 Å². The number of rotatable bonds is 3. The molecular weight excluding hydrogens is 236 g/mol. The van der Waals surface area contributed by atoms with E-state index in [-0.39, 0.29) is 11.9 Å². The van der Waals surface area contributed by atoms with Crippen LogP contribution in [0.5, 0.6) is 0 Å². The largest absolute Gasteiger partial charge is 0.343 e. The first-order valence-electron chi connectivity index (χ1n) is 6.79. The van der Waals surface area contributed by atoms with Crippen LogP contribution in [0, 0.1) is 0 Å². The van der Waals surface area contributed by atoms with Gasteiger partial charge in [0.2, 0.25) is 5.91 Å². The SMILES string of the molecule is C/C(=C\c1ccccc1)CN1CCN(C)C(=O)C1C. The van der Waals surface area contributed by atoms with Crippen molar-refractivity contribution < 1.29 is 4.79 Å². The standard InChI is InChI=1S/C16H22N2O/c1-13(11-15-7-5-4-6-8-15)12-18-10-9-17(3)16(19)14(18)2/h4-8,11,14H,9-10,12H2,1-3H3/b13-11+. The van der Waals surface area contributed by atoms with E-state index in [4.69, 9.17) is 0 Å². The number of hydrogen-bond acceptors (Lipinski definition) is 2. The van der Waals surface area contributed by atoms with E-state index in [2.05, 4.69) is 30.0 Å². The van der Waals surface area contributed by atoms with Crippen LogP contribution in [0.25, 0.3) is 6.08 Å². The molecule has 1 fully saturated rings. The van der Waals surface area contributed by atoms with Gasteiger partial charge in [0.25, 0.3) is 0 Å². The molecule has 19 heavy (non-hydrogen) atoms. The maximum atomic E-state index is 11.9. The van der Waals surface area contributed by atoms with Crippen LogP contribution in [0.4, 0.5) is 0 Å². The van der Waals surface area contributed by atoms with Crippen LogP contribution in [-0.2, 0) is 4.79 Å². The molecule has 1 aromatic carbocycles. The van der Waals surface area contributed by atoms with Gasteiger partial charge >= 0.3 is 0 Å². The van der Waals surface area contributed by atoms with Gasteiger partial charge in [0.1, 0.15) is 0 Å². The zero-order valence-corrected chi connectivity index (χ0v) is 12.0. The molecule has 0 aliphatic carbocycles. The minimum atomic E-state index is -0.0159. The van der Waals surface area contributed by atoms with Crippen molar-refractivity contribution in [2.75, 3.05) is 26.7 Å². The van der Waals surface area contributed by atoms with Crippen molar-refractivity contribution in [2.45, 2.75) is 19.9 Å². The number of benzene rings is 1. The number of carbonyl (C=O) groups excluding carboxylic acids is 1. The fourth-order valence-corrected chi connectivity index (χ4v) is 2.47. The van der Waals surface area contributed by atoms with Crippen molar-refractivity contribution in [3.05, 3.63) is 41.5 Å². The monoisotopic (exact) mass is 258 g/mol. The van der Waals surface area contributed by atoms with Crippen LogP contribution < -0.4 is 0 Å². The van der Waals surface area contributed by atoms with E-state index in [1.54, 1.807) is 0 Å². The topological polar surface area (TPSA) is 23.6 Å². The van der Waals surface area contributed by atoms with Gasteiger partial charge in [-0.2, -0.15) is 0 Å². The van der Waals surface area contributed by atoms with Crippen molar-refractivity contribution in [3.63, 3.8) is 0 Å². The van der Waals surface area contributed by atoms with Crippen molar-refractivity contribution in [1.82, 2.24) is 9.80 Å². The van der Waals surface area contributed by atoms with Crippen molar-refractivity contribution >= 4 is 12.0 Å². The lowest BCUT2D eigenvalue weighted by Gasteiger charge is -2.37. The van der Waals surface area contributed by atoms with E-state index in [9.17, 15) is 4.79 Å². The molecule has 1 atom stereocenters. The molecule has 1 saturated heterocycles. The Kier molecular flexibility index (Phi) is 4.38. The lowest BCUT2D eigenvalue weighted by atomic mass is 10.1. The van der Waals surface area contributed by atoms with Gasteiger partial charge in [0.15, 0.2) is 0 Å². The van der Waals surface area contributed by atoms with Crippen LogP contribution >= 0.6 is 0 Å². The van der Waals surface area contributed by atoms with Crippen molar-refractivity contribution in [3.8, 4) is 0 Å². The Morgan fingerprint density at radius 3 is 2.68 bits per heavy atom. The Hall–Kier alpha value is -1.61. The van der Waals surface area contributed by atoms with Crippen LogP contribution in [0.3, 0.4) is 0 Å². The summed E-state index contributed by atoms with van der Waals surface area (Å²) in [6, 6.07) is 10.3. The summed E-state index contributed by atoms with van der Waals surface area (Å²) in [7, 11) is 1.88. The van der Waals surface area contributed by atoms with E-state index in [0.717, 1.165) is 19.6 Å². The van der Waals surface area contributed by atoms with Gasteiger partial charge in [0.05, 0.1) is 6.04 Å². The molecule has 2 rings (SSSR count). The van der Waals surface area contributed by atoms with E-state index < -0.39 is 0 Å². The lowest BCUT2D eigenvalue weighted by molar-refractivity contribution is -0.138. The predicted octanol–water partition coefficient (Wildman–Crippen LogP) is 2.25. The van der Waals surface area contributed by atoms with Gasteiger partial charge in [-0.1, -0.05) is 42.0 Å². The second-order valence-corrected chi connectivity index (χ2v) is 5.31. The van der Waals surface area contributed by atoms with Crippen LogP contribution in [0.1, 0.15) is 19.4 Å². The summed E-state index contributed by atoms with van der Waals surface area (Å²) in [4.78, 5) is 16.0. The summed E-state index contributed by atoms with van der Waals surface area (Å²) >= 11 is 0. The number of nitrogens with zero attached hydrogens (tertiary/aromatic N) is 2. The van der Waals surface area contributed by atoms with Gasteiger partial charge in [-0.25, -0.2) is 0 Å². The summed E-state index contributed by atoms with van der Waals surface area (Å²) in [5, 5.41) is 0. The first-order valence-corrected chi connectivity index (χ1v) is 6.79. The maximum absolute atomic E-state index is 11.9. The molecule has 1 aliphatic rings. The van der Waals surface area contributed by atoms with Crippen LogP contribution in [0.2, 0.25) is 0 Å². The normalized spacial score (nSPS) is 21.8. The third-order valence-corrected chi connectivity index (χ3v) is 3.67. The summed E-state index contributed by atoms with van der Waals surface area (Å²) in [6.07, 6.45) is 2.19. The molecule has 1 heterocycles. The molecule has 3 nitrogen and oxygen atoms in total. The number of piperazine rings is 1. The first kappa shape index (κ1) is 13.8. The molecule has 1 amide bonds. The number of carbonyl (C=O) groups is 1. The molecule has 3 heteroatoms. The van der Waals surface area contributed by atoms with E-state index in [1.807, 2.05) is 37.1 Å².